The number of aliphatic hydroxyl groups excluding tert-OH is 2. The lowest BCUT2D eigenvalue weighted by Crippen LogP contribution is -2.57. The zero-order valence-electron chi connectivity index (χ0n) is 17.1. The lowest BCUT2D eigenvalue weighted by molar-refractivity contribution is -0.151. The molecular weight excluding hydrogens is 360 g/mol. The normalized spacial score (nSPS) is 42.2. The quantitative estimate of drug-likeness (QED) is 0.434. The molecule has 3 rings (SSSR count). The van der Waals surface area contributed by atoms with Gasteiger partial charge in [-0.05, 0) is 49.4 Å². The Labute approximate surface area is 166 Å². The average molecular weight is 392 g/mol. The monoisotopic (exact) mass is 392 g/mol. The van der Waals surface area contributed by atoms with E-state index in [9.17, 15) is 19.8 Å². The Kier molecular flexibility index (Phi) is 5.74. The van der Waals surface area contributed by atoms with Crippen molar-refractivity contribution in [2.75, 3.05) is 13.2 Å². The van der Waals surface area contributed by atoms with E-state index in [1.165, 1.54) is 6.92 Å². The van der Waals surface area contributed by atoms with Crippen molar-refractivity contribution in [2.45, 2.75) is 65.1 Å². The Morgan fingerprint density at radius 3 is 2.75 bits per heavy atom. The molecule has 2 aliphatic carbocycles. The summed E-state index contributed by atoms with van der Waals surface area (Å²) in [5, 5.41) is 20.7. The molecule has 3 fully saturated rings. The molecule has 1 aliphatic heterocycles. The number of rotatable bonds is 4. The maximum absolute atomic E-state index is 12.1. The van der Waals surface area contributed by atoms with Crippen LogP contribution in [-0.2, 0) is 19.1 Å². The van der Waals surface area contributed by atoms with Crippen LogP contribution >= 0.6 is 0 Å². The second-order valence-corrected chi connectivity index (χ2v) is 9.12. The van der Waals surface area contributed by atoms with Crippen LogP contribution in [0.4, 0.5) is 0 Å². The highest BCUT2D eigenvalue weighted by Gasteiger charge is 2.57. The number of hydrogen-bond acceptors (Lipinski definition) is 6. The van der Waals surface area contributed by atoms with Crippen molar-refractivity contribution in [3.05, 3.63) is 23.8 Å². The highest BCUT2D eigenvalue weighted by molar-refractivity contribution is 5.92. The summed E-state index contributed by atoms with van der Waals surface area (Å²) in [5.74, 6) is -0.581. The van der Waals surface area contributed by atoms with Crippen LogP contribution in [0, 0.1) is 22.7 Å². The van der Waals surface area contributed by atoms with Crippen LogP contribution in [0.1, 0.15) is 52.9 Å². The molecule has 0 radical (unpaired) electrons. The van der Waals surface area contributed by atoms with Crippen LogP contribution in [0.3, 0.4) is 0 Å². The summed E-state index contributed by atoms with van der Waals surface area (Å²) in [5.41, 5.74) is 0.881. The summed E-state index contributed by atoms with van der Waals surface area (Å²) < 4.78 is 10.3. The number of fused-ring (bicyclic) bond motifs is 1. The summed E-state index contributed by atoms with van der Waals surface area (Å²) in [6.07, 6.45) is 4.50. The molecule has 0 amide bonds. The number of aliphatic hydroxyl groups is 2. The molecule has 2 saturated carbocycles. The van der Waals surface area contributed by atoms with E-state index in [4.69, 9.17) is 9.47 Å². The molecule has 0 aromatic carbocycles. The van der Waals surface area contributed by atoms with E-state index in [0.29, 0.717) is 18.4 Å². The van der Waals surface area contributed by atoms with Crippen LogP contribution in [0.5, 0.6) is 0 Å². The molecular formula is C22H32O6. The van der Waals surface area contributed by atoms with Gasteiger partial charge in [-0.25, -0.2) is 4.79 Å². The fraction of sp³-hybridized carbons (Fsp3) is 0.727. The molecule has 0 aromatic heterocycles. The van der Waals surface area contributed by atoms with E-state index in [2.05, 4.69) is 13.5 Å². The van der Waals surface area contributed by atoms with Gasteiger partial charge in [0, 0.05) is 12.3 Å². The molecule has 156 valence electrons. The Hall–Kier alpha value is -1.66. The van der Waals surface area contributed by atoms with Gasteiger partial charge in [0.1, 0.15) is 6.61 Å². The summed E-state index contributed by atoms with van der Waals surface area (Å²) in [6, 6.07) is 0. The van der Waals surface area contributed by atoms with E-state index in [1.54, 1.807) is 0 Å². The third-order valence-corrected chi connectivity index (χ3v) is 7.52. The van der Waals surface area contributed by atoms with Crippen molar-refractivity contribution >= 4 is 11.9 Å². The highest BCUT2D eigenvalue weighted by Crippen LogP contribution is 2.61. The van der Waals surface area contributed by atoms with Crippen LogP contribution in [0.15, 0.2) is 23.8 Å². The molecule has 3 aliphatic rings. The second kappa shape index (κ2) is 7.64. The minimum absolute atomic E-state index is 0.0461. The van der Waals surface area contributed by atoms with Crippen molar-refractivity contribution < 1.29 is 29.3 Å². The van der Waals surface area contributed by atoms with E-state index < -0.39 is 29.6 Å². The Morgan fingerprint density at radius 2 is 2.11 bits per heavy atom. The van der Waals surface area contributed by atoms with Crippen LogP contribution in [0.25, 0.3) is 0 Å². The number of cyclic esters (lactones) is 1. The van der Waals surface area contributed by atoms with Crippen molar-refractivity contribution in [1.29, 1.82) is 0 Å². The standard InChI is InChI=1S/C22H32O6/c1-13-5-8-18-21(3,10-9-19(25)22(18,4)12-23)16(13)7-6-15-17(28-14(2)24)11-27-20(15)26/h6,16-19,23,25H,1,5,7-12H2,2-4H3/b15-6-/t16-,17-,18+,19-,21+,22+/m1/s1. The van der Waals surface area contributed by atoms with Gasteiger partial charge in [0.05, 0.1) is 18.3 Å². The van der Waals surface area contributed by atoms with E-state index >= 15 is 0 Å². The molecule has 28 heavy (non-hydrogen) atoms. The van der Waals surface area contributed by atoms with Gasteiger partial charge in [-0.2, -0.15) is 0 Å². The van der Waals surface area contributed by atoms with Crippen LogP contribution < -0.4 is 0 Å². The largest absolute Gasteiger partial charge is 0.458 e. The lowest BCUT2D eigenvalue weighted by atomic mass is 9.46. The maximum atomic E-state index is 12.1. The highest BCUT2D eigenvalue weighted by atomic mass is 16.6. The first kappa shape index (κ1) is 21.1. The number of esters is 2. The van der Waals surface area contributed by atoms with Gasteiger partial charge in [-0.15, -0.1) is 0 Å². The molecule has 6 nitrogen and oxygen atoms in total. The number of allylic oxidation sites excluding steroid dienone is 2. The summed E-state index contributed by atoms with van der Waals surface area (Å²) in [6.45, 7) is 9.84. The van der Waals surface area contributed by atoms with Crippen molar-refractivity contribution in [3.63, 3.8) is 0 Å². The van der Waals surface area contributed by atoms with Crippen LogP contribution in [-0.4, -0.2) is 47.6 Å². The number of carbonyl (C=O) groups is 2. The summed E-state index contributed by atoms with van der Waals surface area (Å²) in [4.78, 5) is 23.4. The third kappa shape index (κ3) is 3.41. The maximum Gasteiger partial charge on any atom is 0.337 e. The third-order valence-electron chi connectivity index (χ3n) is 7.52. The van der Waals surface area contributed by atoms with Gasteiger partial charge >= 0.3 is 11.9 Å². The fourth-order valence-electron chi connectivity index (χ4n) is 5.85. The second-order valence-electron chi connectivity index (χ2n) is 9.12. The predicted molar refractivity (Wildman–Crippen MR) is 103 cm³/mol. The first-order chi connectivity index (χ1) is 13.1. The van der Waals surface area contributed by atoms with Gasteiger partial charge in [-0.3, -0.25) is 4.79 Å². The molecule has 6 atom stereocenters. The zero-order chi connectivity index (χ0) is 20.7. The zero-order valence-corrected chi connectivity index (χ0v) is 17.1. The number of hydrogen-bond donors (Lipinski definition) is 2. The van der Waals surface area contributed by atoms with E-state index in [-0.39, 0.29) is 30.5 Å². The Bertz CT molecular complexity index is 697. The summed E-state index contributed by atoms with van der Waals surface area (Å²) in [7, 11) is 0. The molecule has 0 aromatic rings. The molecule has 2 N–H and O–H groups in total. The van der Waals surface area contributed by atoms with Crippen LogP contribution in [0.2, 0.25) is 0 Å². The Balaban J connectivity index is 1.87. The minimum atomic E-state index is -0.652. The molecule has 1 heterocycles. The van der Waals surface area contributed by atoms with Gasteiger partial charge in [0.15, 0.2) is 6.10 Å². The fourth-order valence-corrected chi connectivity index (χ4v) is 5.85. The van der Waals surface area contributed by atoms with Gasteiger partial charge < -0.3 is 19.7 Å². The smallest absolute Gasteiger partial charge is 0.337 e. The summed E-state index contributed by atoms with van der Waals surface area (Å²) >= 11 is 0. The van der Waals surface area contributed by atoms with Crippen molar-refractivity contribution in [3.8, 4) is 0 Å². The van der Waals surface area contributed by atoms with Gasteiger partial charge in [-0.1, -0.05) is 32.1 Å². The number of carbonyl (C=O) groups excluding carboxylic acids is 2. The lowest BCUT2D eigenvalue weighted by Gasteiger charge is -2.59. The van der Waals surface area contributed by atoms with E-state index in [1.807, 2.05) is 13.0 Å². The van der Waals surface area contributed by atoms with Crippen molar-refractivity contribution in [1.82, 2.24) is 0 Å². The predicted octanol–water partition coefficient (Wildman–Crippen LogP) is 2.53. The number of ether oxygens (including phenoxy) is 2. The Morgan fingerprint density at radius 1 is 1.39 bits per heavy atom. The first-order valence-corrected chi connectivity index (χ1v) is 10.1. The molecule has 6 heteroatoms. The SMILES string of the molecule is C=C1CC[C@@H]2[C@](C)(CO)[C@H](O)CC[C@@]2(C)[C@@H]1C/C=C1\C(=O)OC[C@H]1OC(C)=O. The molecule has 0 unspecified atom stereocenters. The van der Waals surface area contributed by atoms with Gasteiger partial charge in [0.25, 0.3) is 0 Å². The van der Waals surface area contributed by atoms with Gasteiger partial charge in [0.2, 0.25) is 0 Å². The minimum Gasteiger partial charge on any atom is -0.458 e. The van der Waals surface area contributed by atoms with E-state index in [0.717, 1.165) is 24.8 Å². The first-order valence-electron chi connectivity index (χ1n) is 10.1. The molecule has 0 spiro atoms. The molecule has 1 saturated heterocycles. The topological polar surface area (TPSA) is 93.1 Å². The average Bonchev–Trinajstić information content (AvgIpc) is 2.97. The molecule has 0 bridgehead atoms. The van der Waals surface area contributed by atoms with Crippen molar-refractivity contribution in [2.24, 2.45) is 22.7 Å².